The van der Waals surface area contributed by atoms with Crippen LogP contribution in [0, 0.1) is 0 Å². The molecule has 1 atom stereocenters. The molecule has 0 aromatic rings. The van der Waals surface area contributed by atoms with Crippen LogP contribution in [0.15, 0.2) is 0 Å². The van der Waals surface area contributed by atoms with Gasteiger partial charge >= 0.3 is 15.6 Å². The molecule has 130 valence electrons. The lowest BCUT2D eigenvalue weighted by molar-refractivity contribution is 0.272. The van der Waals surface area contributed by atoms with E-state index in [1.165, 1.54) is 38.5 Å². The average Bonchev–Trinajstić information content (AvgIpc) is 2.91. The van der Waals surface area contributed by atoms with Crippen LogP contribution in [0.4, 0.5) is 0 Å². The van der Waals surface area contributed by atoms with Crippen LogP contribution in [0.2, 0.25) is 0 Å². The first kappa shape index (κ1) is 23.4. The minimum atomic E-state index is -4.64. The lowest BCUT2D eigenvalue weighted by Gasteiger charge is -2.03. The number of ether oxygens (including phenoxy) is 1. The molecule has 1 saturated heterocycles. The minimum Gasteiger partial charge on any atom is -0.370 e. The molecule has 0 amide bonds. The summed E-state index contributed by atoms with van der Waals surface area (Å²) < 4.78 is 23.1. The molecule has 0 aromatic heterocycles. The summed E-state index contributed by atoms with van der Waals surface area (Å²) in [6.07, 6.45) is 8.18. The van der Waals surface area contributed by atoms with Crippen LogP contribution in [0.5, 0.6) is 0 Å². The predicted molar refractivity (Wildman–Crippen MR) is 76.3 cm³/mol. The quantitative estimate of drug-likeness (QED) is 0.234. The first-order valence-corrected chi connectivity index (χ1v) is 9.60. The van der Waals surface area contributed by atoms with E-state index in [4.69, 9.17) is 43.2 Å². The van der Waals surface area contributed by atoms with Crippen LogP contribution >= 0.6 is 15.6 Å². The van der Waals surface area contributed by atoms with E-state index in [1.807, 2.05) is 0 Å². The highest BCUT2D eigenvalue weighted by atomic mass is 31.2. The largest absolute Gasteiger partial charge is 0.466 e. The topological polar surface area (TPSA) is 168 Å². The zero-order chi connectivity index (χ0) is 17.2. The van der Waals surface area contributed by atoms with Gasteiger partial charge in [0.15, 0.2) is 0 Å². The smallest absolute Gasteiger partial charge is 0.370 e. The van der Waals surface area contributed by atoms with E-state index in [-0.39, 0.29) is 0 Å². The maximum Gasteiger partial charge on any atom is 0.466 e. The maximum atomic E-state index is 8.88. The van der Waals surface area contributed by atoms with Gasteiger partial charge in [-0.15, -0.1) is 0 Å². The third kappa shape index (κ3) is 38.4. The first-order chi connectivity index (χ1) is 9.27. The lowest BCUT2D eigenvalue weighted by atomic mass is 10.0. The Labute approximate surface area is 124 Å². The number of epoxide rings is 1. The predicted octanol–water partition coefficient (Wildman–Crippen LogP) is 1.28. The molecule has 0 bridgehead atoms. The van der Waals surface area contributed by atoms with Crippen LogP contribution in [0.3, 0.4) is 0 Å². The molecule has 1 rings (SSSR count). The number of hydrogen-bond acceptors (Lipinski definition) is 3. The second-order valence-electron chi connectivity index (χ2n) is 4.93. The van der Waals surface area contributed by atoms with E-state index in [2.05, 4.69) is 13.8 Å². The molecule has 1 aliphatic heterocycles. The normalized spacial score (nSPS) is 20.8. The molecule has 1 heterocycles. The van der Waals surface area contributed by atoms with Crippen LogP contribution in [-0.4, -0.2) is 41.6 Å². The van der Waals surface area contributed by atoms with Gasteiger partial charge in [0.1, 0.15) is 0 Å². The number of unbranched alkanes of at least 4 members (excludes halogenated alkanes) is 4. The highest BCUT2D eigenvalue weighted by molar-refractivity contribution is 7.45. The number of rotatable bonds is 6. The fourth-order valence-corrected chi connectivity index (χ4v) is 1.37. The summed E-state index contributed by atoms with van der Waals surface area (Å²) in [4.78, 5) is 43.1. The third-order valence-electron chi connectivity index (χ3n) is 2.45. The van der Waals surface area contributed by atoms with Crippen LogP contribution < -0.4 is 0 Å². The van der Waals surface area contributed by atoms with Crippen molar-refractivity contribution in [2.45, 2.75) is 58.0 Å². The van der Waals surface area contributed by atoms with Gasteiger partial charge in [0.25, 0.3) is 0 Å². The minimum absolute atomic E-state index is 0.298. The van der Waals surface area contributed by atoms with Crippen LogP contribution in [0.25, 0.3) is 0 Å². The van der Waals surface area contributed by atoms with Gasteiger partial charge in [-0.3, -0.25) is 0 Å². The Morgan fingerprint density at radius 2 is 1.24 bits per heavy atom. The highest BCUT2D eigenvalue weighted by Gasteiger charge is 2.37. The SMILES string of the molecule is CCCCCCCC1(C)CO1.O=P(O)(O)O.O=P(O)(O)O. The lowest BCUT2D eigenvalue weighted by Crippen LogP contribution is -2.02. The molecule has 11 heteroatoms. The van der Waals surface area contributed by atoms with Crippen molar-refractivity contribution in [3.05, 3.63) is 0 Å². The van der Waals surface area contributed by atoms with E-state index in [0.717, 1.165) is 6.61 Å². The molecular formula is C10H26O9P2. The van der Waals surface area contributed by atoms with Crippen molar-refractivity contribution in [3.63, 3.8) is 0 Å². The second-order valence-corrected chi connectivity index (χ2v) is 6.98. The fourth-order valence-electron chi connectivity index (χ4n) is 1.37. The van der Waals surface area contributed by atoms with Crippen molar-refractivity contribution in [2.24, 2.45) is 0 Å². The zero-order valence-electron chi connectivity index (χ0n) is 12.3. The number of phosphoric acid groups is 2. The second kappa shape index (κ2) is 10.8. The van der Waals surface area contributed by atoms with Gasteiger partial charge in [0.2, 0.25) is 0 Å². The van der Waals surface area contributed by atoms with E-state index in [0.29, 0.717) is 5.60 Å². The van der Waals surface area contributed by atoms with Crippen molar-refractivity contribution >= 4 is 15.6 Å². The molecule has 0 aromatic carbocycles. The average molecular weight is 352 g/mol. The highest BCUT2D eigenvalue weighted by Crippen LogP contribution is 2.31. The number of hydrogen-bond donors (Lipinski definition) is 6. The molecule has 0 aliphatic carbocycles. The monoisotopic (exact) mass is 352 g/mol. The maximum absolute atomic E-state index is 8.88. The molecular weight excluding hydrogens is 326 g/mol. The van der Waals surface area contributed by atoms with E-state index in [1.54, 1.807) is 0 Å². The van der Waals surface area contributed by atoms with Gasteiger partial charge in [-0.2, -0.15) is 0 Å². The summed E-state index contributed by atoms with van der Waals surface area (Å²) in [6.45, 7) is 5.47. The van der Waals surface area contributed by atoms with Crippen molar-refractivity contribution in [1.82, 2.24) is 0 Å². The Kier molecular flexibility index (Phi) is 12.1. The van der Waals surface area contributed by atoms with E-state index in [9.17, 15) is 0 Å². The van der Waals surface area contributed by atoms with Gasteiger partial charge in [-0.1, -0.05) is 39.0 Å². The van der Waals surface area contributed by atoms with Crippen molar-refractivity contribution in [3.8, 4) is 0 Å². The van der Waals surface area contributed by atoms with Gasteiger partial charge in [0.05, 0.1) is 12.2 Å². The van der Waals surface area contributed by atoms with Crippen molar-refractivity contribution in [2.75, 3.05) is 6.61 Å². The molecule has 1 aliphatic rings. The Balaban J connectivity index is 0. The molecule has 0 spiro atoms. The van der Waals surface area contributed by atoms with Crippen LogP contribution in [0.1, 0.15) is 52.4 Å². The van der Waals surface area contributed by atoms with Gasteiger partial charge in [-0.25, -0.2) is 9.13 Å². The summed E-state index contributed by atoms with van der Waals surface area (Å²) in [6, 6.07) is 0. The third-order valence-corrected chi connectivity index (χ3v) is 2.45. The summed E-state index contributed by atoms with van der Waals surface area (Å²) in [7, 11) is -9.28. The summed E-state index contributed by atoms with van der Waals surface area (Å²) in [5.74, 6) is 0. The van der Waals surface area contributed by atoms with Crippen LogP contribution in [-0.2, 0) is 13.9 Å². The van der Waals surface area contributed by atoms with Crippen molar-refractivity contribution in [1.29, 1.82) is 0 Å². The summed E-state index contributed by atoms with van der Waals surface area (Å²) >= 11 is 0. The van der Waals surface area contributed by atoms with Gasteiger partial charge in [0, 0.05) is 0 Å². The first-order valence-electron chi connectivity index (χ1n) is 6.47. The summed E-state index contributed by atoms with van der Waals surface area (Å²) in [5.41, 5.74) is 0.298. The fraction of sp³-hybridized carbons (Fsp3) is 1.00. The Bertz CT molecular complexity index is 308. The zero-order valence-corrected chi connectivity index (χ0v) is 14.0. The molecule has 9 nitrogen and oxygen atoms in total. The van der Waals surface area contributed by atoms with Gasteiger partial charge < -0.3 is 34.1 Å². The Morgan fingerprint density at radius 1 is 0.905 bits per heavy atom. The standard InChI is InChI=1S/C10H20O.2H3O4P/c1-3-4-5-6-7-8-10(2)9-11-10;2*1-5(2,3)4/h3-9H2,1-2H3;2*(H3,1,2,3,4). The van der Waals surface area contributed by atoms with Gasteiger partial charge in [-0.05, 0) is 13.3 Å². The molecule has 21 heavy (non-hydrogen) atoms. The van der Waals surface area contributed by atoms with E-state index < -0.39 is 15.6 Å². The molecule has 6 N–H and O–H groups in total. The van der Waals surface area contributed by atoms with Crippen molar-refractivity contribution < 1.29 is 43.2 Å². The molecule has 0 radical (unpaired) electrons. The van der Waals surface area contributed by atoms with E-state index >= 15 is 0 Å². The summed E-state index contributed by atoms with van der Waals surface area (Å²) in [5, 5.41) is 0. The molecule has 0 saturated carbocycles. The molecule has 1 fully saturated rings. The Hall–Kier alpha value is 0.180. The Morgan fingerprint density at radius 3 is 1.52 bits per heavy atom. The molecule has 1 unspecified atom stereocenters.